The van der Waals surface area contributed by atoms with E-state index in [9.17, 15) is 9.59 Å². The predicted molar refractivity (Wildman–Crippen MR) is 120 cm³/mol. The van der Waals surface area contributed by atoms with Crippen molar-refractivity contribution in [3.8, 4) is 23.0 Å². The molecule has 0 spiro atoms. The van der Waals surface area contributed by atoms with E-state index in [1.807, 2.05) is 24.3 Å². The SMILES string of the molecule is CCOC(=O)[C@H]1C(=O)C=C(c2ccc(OC)cc2OC)C[C@@H]1c1cccc(OC)c1OC. The minimum Gasteiger partial charge on any atom is -0.497 e. The van der Waals surface area contributed by atoms with Crippen LogP contribution in [0.25, 0.3) is 5.57 Å². The molecule has 7 heteroatoms. The molecule has 0 aliphatic heterocycles. The Balaban J connectivity index is 2.14. The van der Waals surface area contributed by atoms with Crippen molar-refractivity contribution in [2.45, 2.75) is 19.3 Å². The second kappa shape index (κ2) is 10.2. The van der Waals surface area contributed by atoms with E-state index in [4.69, 9.17) is 23.7 Å². The summed E-state index contributed by atoms with van der Waals surface area (Å²) in [6.45, 7) is 1.91. The Labute approximate surface area is 187 Å². The highest BCUT2D eigenvalue weighted by molar-refractivity contribution is 6.11. The molecule has 0 heterocycles. The summed E-state index contributed by atoms with van der Waals surface area (Å²) >= 11 is 0. The Morgan fingerprint density at radius 1 is 0.969 bits per heavy atom. The third-order valence-corrected chi connectivity index (χ3v) is 5.59. The van der Waals surface area contributed by atoms with Crippen LogP contribution in [-0.4, -0.2) is 46.8 Å². The van der Waals surface area contributed by atoms with Crippen LogP contribution in [0.1, 0.15) is 30.4 Å². The molecule has 2 atom stereocenters. The summed E-state index contributed by atoms with van der Waals surface area (Å²) in [5, 5.41) is 0. The first kappa shape index (κ1) is 23.2. The number of hydrogen-bond donors (Lipinski definition) is 0. The monoisotopic (exact) mass is 440 g/mol. The van der Waals surface area contributed by atoms with Crippen LogP contribution in [0, 0.1) is 5.92 Å². The normalized spacial score (nSPS) is 17.9. The number of hydrogen-bond acceptors (Lipinski definition) is 7. The average molecular weight is 440 g/mol. The van der Waals surface area contributed by atoms with Gasteiger partial charge in [-0.3, -0.25) is 9.59 Å². The van der Waals surface area contributed by atoms with E-state index in [2.05, 4.69) is 0 Å². The molecule has 170 valence electrons. The van der Waals surface area contributed by atoms with Crippen molar-refractivity contribution in [2.24, 2.45) is 5.92 Å². The van der Waals surface area contributed by atoms with Gasteiger partial charge in [0.1, 0.15) is 17.4 Å². The molecule has 3 rings (SSSR count). The first-order valence-corrected chi connectivity index (χ1v) is 10.3. The summed E-state index contributed by atoms with van der Waals surface area (Å²) in [7, 11) is 6.22. The number of carbonyl (C=O) groups excluding carboxylic acids is 2. The molecule has 2 aromatic carbocycles. The van der Waals surface area contributed by atoms with Crippen LogP contribution in [0.2, 0.25) is 0 Å². The Bertz CT molecular complexity index is 1020. The zero-order chi connectivity index (χ0) is 23.3. The number of allylic oxidation sites excluding steroid dienone is 2. The molecule has 0 N–H and O–H groups in total. The lowest BCUT2D eigenvalue weighted by Crippen LogP contribution is -2.34. The van der Waals surface area contributed by atoms with Crippen molar-refractivity contribution >= 4 is 17.3 Å². The molecule has 0 amide bonds. The van der Waals surface area contributed by atoms with Gasteiger partial charge in [0.05, 0.1) is 35.0 Å². The lowest BCUT2D eigenvalue weighted by atomic mass is 9.73. The standard InChI is InChI=1S/C25H28O7/c1-6-32-25(27)23-19(18-8-7-9-21(29-3)24(18)31-5)12-15(13-20(23)26)17-11-10-16(28-2)14-22(17)30-4/h7-11,13-14,19,23H,6,12H2,1-5H3/t19-,23-/m1/s1. The quantitative estimate of drug-likeness (QED) is 0.453. The van der Waals surface area contributed by atoms with Gasteiger partial charge in [0.2, 0.25) is 0 Å². The Morgan fingerprint density at radius 3 is 2.34 bits per heavy atom. The molecule has 7 nitrogen and oxygen atoms in total. The number of carbonyl (C=O) groups is 2. The van der Waals surface area contributed by atoms with Crippen LogP contribution in [0.5, 0.6) is 23.0 Å². The first-order chi connectivity index (χ1) is 15.5. The molecular weight excluding hydrogens is 412 g/mol. The van der Waals surface area contributed by atoms with Gasteiger partial charge in [0.15, 0.2) is 17.3 Å². The molecule has 1 aliphatic carbocycles. The smallest absolute Gasteiger partial charge is 0.317 e. The van der Waals surface area contributed by atoms with E-state index in [1.54, 1.807) is 40.4 Å². The van der Waals surface area contributed by atoms with Gasteiger partial charge in [0.25, 0.3) is 0 Å². The highest BCUT2D eigenvalue weighted by Crippen LogP contribution is 2.47. The lowest BCUT2D eigenvalue weighted by Gasteiger charge is -2.31. The maximum absolute atomic E-state index is 13.2. The van der Waals surface area contributed by atoms with Gasteiger partial charge in [-0.25, -0.2) is 0 Å². The van der Waals surface area contributed by atoms with Crippen molar-refractivity contribution in [1.29, 1.82) is 0 Å². The topological polar surface area (TPSA) is 80.3 Å². The van der Waals surface area contributed by atoms with Crippen molar-refractivity contribution in [2.75, 3.05) is 35.0 Å². The fourth-order valence-electron chi connectivity index (χ4n) is 4.13. The fraction of sp³-hybridized carbons (Fsp3) is 0.360. The number of benzene rings is 2. The summed E-state index contributed by atoms with van der Waals surface area (Å²) in [6.07, 6.45) is 1.91. The number of rotatable bonds is 8. The Kier molecular flexibility index (Phi) is 7.41. The van der Waals surface area contributed by atoms with Crippen LogP contribution < -0.4 is 18.9 Å². The second-order valence-corrected chi connectivity index (χ2v) is 7.26. The molecule has 2 aromatic rings. The molecule has 0 bridgehead atoms. The van der Waals surface area contributed by atoms with Crippen LogP contribution in [0.15, 0.2) is 42.5 Å². The summed E-state index contributed by atoms with van der Waals surface area (Å²) < 4.78 is 27.1. The Hall–Kier alpha value is -3.48. The van der Waals surface area contributed by atoms with Crippen LogP contribution >= 0.6 is 0 Å². The van der Waals surface area contributed by atoms with E-state index in [0.29, 0.717) is 35.0 Å². The van der Waals surface area contributed by atoms with Gasteiger partial charge >= 0.3 is 5.97 Å². The third kappa shape index (κ3) is 4.42. The zero-order valence-corrected chi connectivity index (χ0v) is 19.0. The molecule has 32 heavy (non-hydrogen) atoms. The number of esters is 1. The van der Waals surface area contributed by atoms with Crippen molar-refractivity contribution in [3.63, 3.8) is 0 Å². The largest absolute Gasteiger partial charge is 0.497 e. The third-order valence-electron chi connectivity index (χ3n) is 5.59. The molecule has 0 unspecified atom stereocenters. The number of ketones is 1. The van der Waals surface area contributed by atoms with Crippen molar-refractivity contribution in [1.82, 2.24) is 0 Å². The van der Waals surface area contributed by atoms with Crippen LogP contribution in [0.4, 0.5) is 0 Å². The summed E-state index contributed by atoms with van der Waals surface area (Å²) in [6, 6.07) is 10.9. The molecule has 0 radical (unpaired) electrons. The average Bonchev–Trinajstić information content (AvgIpc) is 2.82. The van der Waals surface area contributed by atoms with Crippen LogP contribution in [-0.2, 0) is 14.3 Å². The number of para-hydroxylation sites is 1. The summed E-state index contributed by atoms with van der Waals surface area (Å²) in [4.78, 5) is 26.1. The lowest BCUT2D eigenvalue weighted by molar-refractivity contribution is -0.151. The van der Waals surface area contributed by atoms with Gasteiger partial charge in [-0.2, -0.15) is 0 Å². The van der Waals surface area contributed by atoms with Crippen molar-refractivity contribution < 1.29 is 33.3 Å². The van der Waals surface area contributed by atoms with Gasteiger partial charge in [0, 0.05) is 23.1 Å². The predicted octanol–water partition coefficient (Wildman–Crippen LogP) is 4.04. The van der Waals surface area contributed by atoms with Gasteiger partial charge < -0.3 is 23.7 Å². The highest BCUT2D eigenvalue weighted by atomic mass is 16.5. The van der Waals surface area contributed by atoms with Gasteiger partial charge in [-0.15, -0.1) is 0 Å². The van der Waals surface area contributed by atoms with E-state index in [0.717, 1.165) is 11.1 Å². The van der Waals surface area contributed by atoms with E-state index in [1.165, 1.54) is 13.2 Å². The number of methoxy groups -OCH3 is 4. The van der Waals surface area contributed by atoms with E-state index >= 15 is 0 Å². The minimum atomic E-state index is -0.982. The summed E-state index contributed by atoms with van der Waals surface area (Å²) in [5.41, 5.74) is 2.22. The maximum atomic E-state index is 13.2. The first-order valence-electron chi connectivity index (χ1n) is 10.3. The molecule has 0 aromatic heterocycles. The molecule has 1 aliphatic rings. The van der Waals surface area contributed by atoms with E-state index < -0.39 is 17.8 Å². The zero-order valence-electron chi connectivity index (χ0n) is 19.0. The Morgan fingerprint density at radius 2 is 1.72 bits per heavy atom. The minimum absolute atomic E-state index is 0.188. The summed E-state index contributed by atoms with van der Waals surface area (Å²) in [5.74, 6) is -0.120. The fourth-order valence-corrected chi connectivity index (χ4v) is 4.13. The van der Waals surface area contributed by atoms with Crippen molar-refractivity contribution in [3.05, 3.63) is 53.6 Å². The maximum Gasteiger partial charge on any atom is 0.317 e. The van der Waals surface area contributed by atoms with Crippen LogP contribution in [0.3, 0.4) is 0 Å². The molecule has 0 saturated heterocycles. The second-order valence-electron chi connectivity index (χ2n) is 7.26. The van der Waals surface area contributed by atoms with Gasteiger partial charge in [-0.05, 0) is 43.2 Å². The molecular formula is C25H28O7. The number of ether oxygens (including phenoxy) is 5. The highest BCUT2D eigenvalue weighted by Gasteiger charge is 2.41. The van der Waals surface area contributed by atoms with Gasteiger partial charge in [-0.1, -0.05) is 12.1 Å². The van der Waals surface area contributed by atoms with E-state index in [-0.39, 0.29) is 12.4 Å². The molecule has 0 fully saturated rings. The molecule has 0 saturated carbocycles.